The zero-order valence-corrected chi connectivity index (χ0v) is 15.5. The molecule has 1 unspecified atom stereocenters. The first-order valence-electron chi connectivity index (χ1n) is 10.0. The first-order valence-corrected chi connectivity index (χ1v) is 10.0. The monoisotopic (exact) mass is 362 g/mol. The zero-order valence-electron chi connectivity index (χ0n) is 15.5. The van der Waals surface area contributed by atoms with Crippen LogP contribution in [0, 0.1) is 5.92 Å². The van der Waals surface area contributed by atoms with Crippen molar-refractivity contribution in [3.63, 3.8) is 0 Å². The van der Waals surface area contributed by atoms with Crippen molar-refractivity contribution in [1.29, 1.82) is 0 Å². The molecule has 1 aromatic rings. The van der Waals surface area contributed by atoms with Gasteiger partial charge < -0.3 is 19.3 Å². The van der Waals surface area contributed by atoms with Crippen LogP contribution in [0.25, 0.3) is 0 Å². The van der Waals surface area contributed by atoms with Crippen LogP contribution in [-0.4, -0.2) is 71.7 Å². The molecule has 0 aromatic carbocycles. The maximum Gasteiger partial charge on any atom is 0.320 e. The van der Waals surface area contributed by atoms with Crippen molar-refractivity contribution in [3.8, 4) is 0 Å². The third kappa shape index (κ3) is 4.04. The van der Waals surface area contributed by atoms with E-state index in [1.54, 1.807) is 0 Å². The lowest BCUT2D eigenvalue weighted by Gasteiger charge is -2.36. The highest BCUT2D eigenvalue weighted by Crippen LogP contribution is 2.25. The van der Waals surface area contributed by atoms with Crippen molar-refractivity contribution in [3.05, 3.63) is 18.0 Å². The molecule has 144 valence electrons. The summed E-state index contributed by atoms with van der Waals surface area (Å²) in [4.78, 5) is 16.8. The minimum absolute atomic E-state index is 0.183. The number of likely N-dealkylation sites (tertiary alicyclic amines) is 1. The fourth-order valence-corrected chi connectivity index (χ4v) is 4.24. The van der Waals surface area contributed by atoms with Crippen molar-refractivity contribution in [2.45, 2.75) is 44.7 Å². The molecule has 0 saturated carbocycles. The molecule has 0 radical (unpaired) electrons. The number of amides is 2. The molecule has 2 saturated heterocycles. The molecule has 2 amide bonds. The van der Waals surface area contributed by atoms with E-state index >= 15 is 0 Å². The largest absolute Gasteiger partial charge is 0.381 e. The van der Waals surface area contributed by atoms with Gasteiger partial charge >= 0.3 is 6.03 Å². The third-order valence-electron chi connectivity index (χ3n) is 5.82. The SMILES string of the molecule is O=C(N1CCCC1)N1Cc2ccnn2C(CCOCC2CCOCC2)C1. The van der Waals surface area contributed by atoms with Crippen LogP contribution in [-0.2, 0) is 16.0 Å². The van der Waals surface area contributed by atoms with Gasteiger partial charge in [-0.3, -0.25) is 4.68 Å². The van der Waals surface area contributed by atoms with E-state index < -0.39 is 0 Å². The highest BCUT2D eigenvalue weighted by molar-refractivity contribution is 5.74. The van der Waals surface area contributed by atoms with Gasteiger partial charge in [0.15, 0.2) is 0 Å². The number of aromatic nitrogens is 2. The number of carbonyl (C=O) groups is 1. The van der Waals surface area contributed by atoms with Crippen LogP contribution < -0.4 is 0 Å². The van der Waals surface area contributed by atoms with Gasteiger partial charge in [0, 0.05) is 52.3 Å². The molecular formula is C19H30N4O3. The molecule has 7 heteroatoms. The molecule has 0 N–H and O–H groups in total. The van der Waals surface area contributed by atoms with Gasteiger partial charge in [0.2, 0.25) is 0 Å². The Hall–Kier alpha value is -1.60. The van der Waals surface area contributed by atoms with Gasteiger partial charge in [0.25, 0.3) is 0 Å². The van der Waals surface area contributed by atoms with E-state index in [9.17, 15) is 4.79 Å². The molecule has 0 aliphatic carbocycles. The van der Waals surface area contributed by atoms with E-state index in [2.05, 4.69) is 9.78 Å². The van der Waals surface area contributed by atoms with Crippen LogP contribution in [0.1, 0.15) is 43.8 Å². The molecule has 7 nitrogen and oxygen atoms in total. The van der Waals surface area contributed by atoms with Gasteiger partial charge in [-0.1, -0.05) is 0 Å². The fourth-order valence-electron chi connectivity index (χ4n) is 4.24. The standard InChI is InChI=1S/C19H30N4O3/c24-19(21-8-1-2-9-21)22-13-17-3-7-20-23(17)18(14-22)6-12-26-15-16-4-10-25-11-5-16/h3,7,16,18H,1-2,4-6,8-15H2. The lowest BCUT2D eigenvalue weighted by Crippen LogP contribution is -2.47. The highest BCUT2D eigenvalue weighted by atomic mass is 16.5. The Kier molecular flexibility index (Phi) is 5.75. The Morgan fingerprint density at radius 2 is 2.04 bits per heavy atom. The van der Waals surface area contributed by atoms with Gasteiger partial charge in [-0.15, -0.1) is 0 Å². The Labute approximate surface area is 155 Å². The Bertz CT molecular complexity index is 593. The minimum atomic E-state index is 0.183. The van der Waals surface area contributed by atoms with Gasteiger partial charge in [0.1, 0.15) is 0 Å². The molecule has 1 aromatic heterocycles. The van der Waals surface area contributed by atoms with E-state index in [0.29, 0.717) is 19.1 Å². The summed E-state index contributed by atoms with van der Waals surface area (Å²) in [6, 6.07) is 2.41. The predicted molar refractivity (Wildman–Crippen MR) is 96.9 cm³/mol. The quantitative estimate of drug-likeness (QED) is 0.754. The number of hydrogen-bond acceptors (Lipinski definition) is 4. The van der Waals surface area contributed by atoms with Gasteiger partial charge in [-0.25, -0.2) is 4.79 Å². The number of ether oxygens (including phenoxy) is 2. The maximum absolute atomic E-state index is 12.8. The molecule has 3 aliphatic rings. The fraction of sp³-hybridized carbons (Fsp3) is 0.789. The zero-order chi connectivity index (χ0) is 17.8. The summed E-state index contributed by atoms with van der Waals surface area (Å²) in [6.45, 7) is 6.44. The molecule has 4 rings (SSSR count). The molecule has 0 bridgehead atoms. The van der Waals surface area contributed by atoms with Gasteiger partial charge in [-0.05, 0) is 44.1 Å². The van der Waals surface area contributed by atoms with Crippen molar-refractivity contribution in [2.75, 3.05) is 46.1 Å². The Balaban J connectivity index is 1.30. The topological polar surface area (TPSA) is 59.8 Å². The smallest absolute Gasteiger partial charge is 0.320 e. The number of hydrogen-bond donors (Lipinski definition) is 0. The maximum atomic E-state index is 12.8. The Morgan fingerprint density at radius 1 is 1.23 bits per heavy atom. The summed E-state index contributed by atoms with van der Waals surface area (Å²) in [5, 5.41) is 4.49. The normalized spacial score (nSPS) is 24.1. The lowest BCUT2D eigenvalue weighted by molar-refractivity contribution is 0.0160. The third-order valence-corrected chi connectivity index (χ3v) is 5.82. The highest BCUT2D eigenvalue weighted by Gasteiger charge is 2.31. The van der Waals surface area contributed by atoms with Crippen molar-refractivity contribution in [1.82, 2.24) is 19.6 Å². The summed E-state index contributed by atoms with van der Waals surface area (Å²) in [7, 11) is 0. The summed E-state index contributed by atoms with van der Waals surface area (Å²) in [6.07, 6.45) is 7.19. The number of nitrogens with zero attached hydrogens (tertiary/aromatic N) is 4. The van der Waals surface area contributed by atoms with E-state index in [1.165, 1.54) is 0 Å². The van der Waals surface area contributed by atoms with E-state index in [0.717, 1.165) is 77.3 Å². The second-order valence-electron chi connectivity index (χ2n) is 7.70. The first kappa shape index (κ1) is 17.8. The van der Waals surface area contributed by atoms with Gasteiger partial charge in [0.05, 0.1) is 18.3 Å². The number of urea groups is 1. The second-order valence-corrected chi connectivity index (χ2v) is 7.70. The van der Waals surface area contributed by atoms with E-state index in [1.807, 2.05) is 22.1 Å². The van der Waals surface area contributed by atoms with Crippen LogP contribution in [0.15, 0.2) is 12.3 Å². The minimum Gasteiger partial charge on any atom is -0.381 e. The molecule has 4 heterocycles. The van der Waals surface area contributed by atoms with Crippen molar-refractivity contribution < 1.29 is 14.3 Å². The summed E-state index contributed by atoms with van der Waals surface area (Å²) < 4.78 is 13.4. The van der Waals surface area contributed by atoms with E-state index in [4.69, 9.17) is 9.47 Å². The molecular weight excluding hydrogens is 332 g/mol. The average molecular weight is 362 g/mol. The lowest BCUT2D eigenvalue weighted by atomic mass is 10.0. The van der Waals surface area contributed by atoms with Crippen molar-refractivity contribution >= 4 is 6.03 Å². The molecule has 1 atom stereocenters. The van der Waals surface area contributed by atoms with Crippen LogP contribution in [0.3, 0.4) is 0 Å². The van der Waals surface area contributed by atoms with Crippen LogP contribution in [0.4, 0.5) is 4.79 Å². The Morgan fingerprint density at radius 3 is 2.85 bits per heavy atom. The molecule has 3 aliphatic heterocycles. The van der Waals surface area contributed by atoms with Crippen LogP contribution >= 0.6 is 0 Å². The van der Waals surface area contributed by atoms with Crippen LogP contribution in [0.2, 0.25) is 0 Å². The molecule has 2 fully saturated rings. The summed E-state index contributed by atoms with van der Waals surface area (Å²) >= 11 is 0. The average Bonchev–Trinajstić information content (AvgIpc) is 3.37. The number of fused-ring (bicyclic) bond motifs is 1. The molecule has 26 heavy (non-hydrogen) atoms. The second kappa shape index (κ2) is 8.39. The summed E-state index contributed by atoms with van der Waals surface area (Å²) in [5.41, 5.74) is 1.12. The number of carbonyl (C=O) groups excluding carboxylic acids is 1. The van der Waals surface area contributed by atoms with E-state index in [-0.39, 0.29) is 12.1 Å². The predicted octanol–water partition coefficient (Wildman–Crippen LogP) is 2.29. The first-order chi connectivity index (χ1) is 12.8. The van der Waals surface area contributed by atoms with Crippen molar-refractivity contribution in [2.24, 2.45) is 5.92 Å². The van der Waals surface area contributed by atoms with Gasteiger partial charge in [-0.2, -0.15) is 5.10 Å². The van der Waals surface area contributed by atoms with Crippen LogP contribution in [0.5, 0.6) is 0 Å². The summed E-state index contributed by atoms with van der Waals surface area (Å²) in [5.74, 6) is 0.628. The molecule has 0 spiro atoms. The number of rotatable bonds is 5.